The van der Waals surface area contributed by atoms with Gasteiger partial charge in [-0.05, 0) is 31.1 Å². The van der Waals surface area contributed by atoms with Gasteiger partial charge in [0.05, 0.1) is 6.54 Å². The molecule has 2 aliphatic rings. The Labute approximate surface area is 203 Å². The summed E-state index contributed by atoms with van der Waals surface area (Å²) in [5.41, 5.74) is 0. The molecule has 1 N–H and O–H groups in total. The molecule has 9 nitrogen and oxygen atoms in total. The van der Waals surface area contributed by atoms with Gasteiger partial charge in [-0.15, -0.1) is 34.2 Å². The first-order valence-electron chi connectivity index (χ1n) is 11.3. The van der Waals surface area contributed by atoms with E-state index in [1.54, 1.807) is 12.7 Å². The zero-order valence-electron chi connectivity index (χ0n) is 19.2. The average molecular weight is 547 g/mol. The largest absolute Gasteiger partial charge is 0.356 e. The Morgan fingerprint density at radius 2 is 1.68 bits per heavy atom. The van der Waals surface area contributed by atoms with Crippen LogP contribution in [0.3, 0.4) is 0 Å². The summed E-state index contributed by atoms with van der Waals surface area (Å²) in [6, 6.07) is 0. The summed E-state index contributed by atoms with van der Waals surface area (Å²) in [5, 5.41) is 11.1. The lowest BCUT2D eigenvalue weighted by molar-refractivity contribution is -0.135. The van der Waals surface area contributed by atoms with Crippen molar-refractivity contribution < 1.29 is 4.79 Å². The SMILES string of the molecule is CN=C(NCCCCn1cnnc1)N1CCN(CC(=O)N2CC(C)CC(C)C2)CC1.I. The zero-order chi connectivity index (χ0) is 21.3. The molecule has 1 aromatic rings. The number of aromatic nitrogens is 3. The monoisotopic (exact) mass is 546 g/mol. The molecule has 0 aromatic carbocycles. The minimum absolute atomic E-state index is 0. The van der Waals surface area contributed by atoms with Crippen LogP contribution in [-0.2, 0) is 11.3 Å². The highest BCUT2D eigenvalue weighted by atomic mass is 127. The molecule has 3 heterocycles. The first-order valence-corrected chi connectivity index (χ1v) is 11.3. The van der Waals surface area contributed by atoms with Crippen LogP contribution in [0, 0.1) is 11.8 Å². The quantitative estimate of drug-likeness (QED) is 0.241. The minimum Gasteiger partial charge on any atom is -0.356 e. The number of nitrogens with one attached hydrogen (secondary N) is 1. The molecule has 1 aromatic heterocycles. The summed E-state index contributed by atoms with van der Waals surface area (Å²) in [4.78, 5) is 23.8. The number of hydrogen-bond donors (Lipinski definition) is 1. The summed E-state index contributed by atoms with van der Waals surface area (Å²) in [6.07, 6.45) is 6.88. The summed E-state index contributed by atoms with van der Waals surface area (Å²) in [5.74, 6) is 2.47. The Balaban J connectivity index is 0.00000341. The summed E-state index contributed by atoms with van der Waals surface area (Å²) in [6.45, 7) is 12.3. The van der Waals surface area contributed by atoms with Crippen molar-refractivity contribution in [2.75, 3.05) is 59.4 Å². The number of piperidine rings is 1. The number of guanidine groups is 1. The molecule has 0 bridgehead atoms. The maximum atomic E-state index is 12.7. The molecular formula is C21H39IN8O. The van der Waals surface area contributed by atoms with Crippen LogP contribution in [0.25, 0.3) is 0 Å². The molecule has 1 amide bonds. The van der Waals surface area contributed by atoms with E-state index in [0.29, 0.717) is 18.4 Å². The Hall–Kier alpha value is -1.43. The lowest BCUT2D eigenvalue weighted by atomic mass is 9.92. The van der Waals surface area contributed by atoms with E-state index in [4.69, 9.17) is 0 Å². The van der Waals surface area contributed by atoms with E-state index in [2.05, 4.69) is 49.1 Å². The normalized spacial score (nSPS) is 22.9. The van der Waals surface area contributed by atoms with Gasteiger partial charge in [0.1, 0.15) is 12.7 Å². The van der Waals surface area contributed by atoms with Gasteiger partial charge >= 0.3 is 0 Å². The van der Waals surface area contributed by atoms with E-state index in [1.165, 1.54) is 6.42 Å². The molecule has 2 atom stereocenters. The first-order chi connectivity index (χ1) is 14.5. The van der Waals surface area contributed by atoms with Gasteiger partial charge in [-0.3, -0.25) is 14.7 Å². The number of carbonyl (C=O) groups is 1. The number of unbranched alkanes of at least 4 members (excludes halogenated alkanes) is 1. The predicted molar refractivity (Wildman–Crippen MR) is 134 cm³/mol. The van der Waals surface area contributed by atoms with Crippen LogP contribution in [0.1, 0.15) is 33.1 Å². The van der Waals surface area contributed by atoms with Crippen LogP contribution < -0.4 is 5.32 Å². The number of carbonyl (C=O) groups excluding carboxylic acids is 1. The first kappa shape index (κ1) is 25.8. The third-order valence-corrected chi connectivity index (χ3v) is 6.06. The summed E-state index contributed by atoms with van der Waals surface area (Å²) < 4.78 is 2.00. The fraction of sp³-hybridized carbons (Fsp3) is 0.810. The standard InChI is InChI=1S/C21H38N8O.HI/c1-18-12-19(2)14-29(13-18)20(30)15-26-8-10-28(11-9-26)21(22-3)23-6-4-5-7-27-16-24-25-17-27;/h16-19H,4-15H2,1-3H3,(H,22,23);1H. The molecule has 2 fully saturated rings. The van der Waals surface area contributed by atoms with Gasteiger partial charge in [0.25, 0.3) is 0 Å². The average Bonchev–Trinajstić information content (AvgIpc) is 3.24. The fourth-order valence-electron chi connectivity index (χ4n) is 4.57. The van der Waals surface area contributed by atoms with Gasteiger partial charge in [-0.25, -0.2) is 0 Å². The number of halogens is 1. The van der Waals surface area contributed by atoms with Crippen LogP contribution in [-0.4, -0.2) is 101 Å². The van der Waals surface area contributed by atoms with E-state index in [0.717, 1.165) is 71.2 Å². The van der Waals surface area contributed by atoms with Crippen molar-refractivity contribution in [1.29, 1.82) is 0 Å². The second-order valence-corrected chi connectivity index (χ2v) is 8.89. The lowest BCUT2D eigenvalue weighted by Crippen LogP contribution is -2.55. The summed E-state index contributed by atoms with van der Waals surface area (Å²) >= 11 is 0. The lowest BCUT2D eigenvalue weighted by Gasteiger charge is -2.39. The van der Waals surface area contributed by atoms with Crippen molar-refractivity contribution in [2.45, 2.75) is 39.7 Å². The fourth-order valence-corrected chi connectivity index (χ4v) is 4.57. The third kappa shape index (κ3) is 8.21. The highest BCUT2D eigenvalue weighted by Crippen LogP contribution is 2.21. The molecule has 0 spiro atoms. The van der Waals surface area contributed by atoms with Crippen LogP contribution in [0.4, 0.5) is 0 Å². The van der Waals surface area contributed by atoms with Gasteiger partial charge in [-0.1, -0.05) is 13.8 Å². The third-order valence-electron chi connectivity index (χ3n) is 6.06. The molecule has 10 heteroatoms. The van der Waals surface area contributed by atoms with Gasteiger partial charge in [-0.2, -0.15) is 0 Å². The molecule has 2 aliphatic heterocycles. The Kier molecular flexibility index (Phi) is 11.0. The molecule has 176 valence electrons. The van der Waals surface area contributed by atoms with Crippen molar-refractivity contribution in [1.82, 2.24) is 34.8 Å². The highest BCUT2D eigenvalue weighted by Gasteiger charge is 2.27. The number of hydrogen-bond acceptors (Lipinski definition) is 5. The molecule has 2 unspecified atom stereocenters. The van der Waals surface area contributed by atoms with Crippen LogP contribution in [0.15, 0.2) is 17.6 Å². The van der Waals surface area contributed by atoms with Crippen LogP contribution in [0.2, 0.25) is 0 Å². The molecular weight excluding hydrogens is 507 g/mol. The molecule has 31 heavy (non-hydrogen) atoms. The van der Waals surface area contributed by atoms with Crippen molar-refractivity contribution in [2.24, 2.45) is 16.8 Å². The molecule has 0 saturated carbocycles. The molecule has 2 saturated heterocycles. The van der Waals surface area contributed by atoms with E-state index in [-0.39, 0.29) is 29.9 Å². The van der Waals surface area contributed by atoms with Crippen LogP contribution in [0.5, 0.6) is 0 Å². The Morgan fingerprint density at radius 3 is 2.29 bits per heavy atom. The van der Waals surface area contributed by atoms with E-state index in [9.17, 15) is 4.79 Å². The Morgan fingerprint density at radius 1 is 1.03 bits per heavy atom. The zero-order valence-corrected chi connectivity index (χ0v) is 21.6. The second-order valence-electron chi connectivity index (χ2n) is 8.89. The highest BCUT2D eigenvalue weighted by molar-refractivity contribution is 14.0. The van der Waals surface area contributed by atoms with Crippen LogP contribution >= 0.6 is 24.0 Å². The smallest absolute Gasteiger partial charge is 0.236 e. The van der Waals surface area contributed by atoms with E-state index < -0.39 is 0 Å². The number of piperazine rings is 1. The molecule has 0 aliphatic carbocycles. The van der Waals surface area contributed by atoms with Crippen molar-refractivity contribution in [3.63, 3.8) is 0 Å². The van der Waals surface area contributed by atoms with Gasteiger partial charge in [0.2, 0.25) is 5.91 Å². The Bertz CT molecular complexity index is 665. The molecule has 3 rings (SSSR count). The van der Waals surface area contributed by atoms with Crippen molar-refractivity contribution in [3.8, 4) is 0 Å². The number of rotatable bonds is 7. The van der Waals surface area contributed by atoms with Crippen molar-refractivity contribution in [3.05, 3.63) is 12.7 Å². The van der Waals surface area contributed by atoms with Gasteiger partial charge in [0, 0.05) is 59.4 Å². The molecule has 0 radical (unpaired) electrons. The maximum Gasteiger partial charge on any atom is 0.236 e. The number of nitrogens with zero attached hydrogens (tertiary/aromatic N) is 7. The van der Waals surface area contributed by atoms with E-state index >= 15 is 0 Å². The number of aliphatic imine (C=N–C) groups is 1. The summed E-state index contributed by atoms with van der Waals surface area (Å²) in [7, 11) is 1.84. The maximum absolute atomic E-state index is 12.7. The van der Waals surface area contributed by atoms with E-state index in [1.807, 2.05) is 11.6 Å². The number of amides is 1. The number of aryl methyl sites for hydroxylation is 1. The topological polar surface area (TPSA) is 81.9 Å². The predicted octanol–water partition coefficient (Wildman–Crippen LogP) is 1.37. The van der Waals surface area contributed by atoms with Gasteiger partial charge < -0.3 is 19.7 Å². The van der Waals surface area contributed by atoms with Gasteiger partial charge in [0.15, 0.2) is 5.96 Å². The van der Waals surface area contributed by atoms with Crippen molar-refractivity contribution >= 4 is 35.8 Å². The minimum atomic E-state index is 0. The number of likely N-dealkylation sites (tertiary alicyclic amines) is 1. The second kappa shape index (κ2) is 13.2.